The molecular weight excluding hydrogens is 422 g/mol. The smallest absolute Gasteiger partial charge is 0.333 e. The van der Waals surface area contributed by atoms with Gasteiger partial charge in [0.05, 0.1) is 0 Å². The molecule has 8 heteroatoms. The van der Waals surface area contributed by atoms with Gasteiger partial charge in [0.1, 0.15) is 0 Å². The molecule has 178 valence electrons. The van der Waals surface area contributed by atoms with Gasteiger partial charge in [-0.05, 0) is 12.8 Å². The molecule has 0 aliphatic rings. The molecule has 32 heavy (non-hydrogen) atoms. The molecule has 0 saturated carbocycles. The van der Waals surface area contributed by atoms with E-state index in [2.05, 4.69) is 32.4 Å². The number of hydrazine groups is 1. The fraction of sp³-hybridized carbons (Fsp3) is 0.625. The molecule has 0 aliphatic carbocycles. The van der Waals surface area contributed by atoms with E-state index >= 15 is 0 Å². The molecule has 0 aliphatic heterocycles. The highest BCUT2D eigenvalue weighted by molar-refractivity contribution is 7.09. The summed E-state index contributed by atoms with van der Waals surface area (Å²) in [6, 6.07) is 9.43. The fourth-order valence-corrected chi connectivity index (χ4v) is 3.85. The number of nitrogens with one attached hydrogen (secondary N) is 3. The molecule has 1 aromatic heterocycles. The van der Waals surface area contributed by atoms with E-state index in [4.69, 9.17) is 4.74 Å². The maximum absolute atomic E-state index is 11.9. The first-order valence-corrected chi connectivity index (χ1v) is 12.8. The van der Waals surface area contributed by atoms with E-state index in [1.807, 2.05) is 30.3 Å². The monoisotopic (exact) mass is 461 g/mol. The summed E-state index contributed by atoms with van der Waals surface area (Å²) in [5.41, 5.74) is 6.31. The lowest BCUT2D eigenvalue weighted by atomic mass is 10.1. The third-order valence-electron chi connectivity index (χ3n) is 5.13. The number of nitrogens with zero attached hydrogens (tertiary/aromatic N) is 2. The van der Waals surface area contributed by atoms with Crippen molar-refractivity contribution >= 4 is 22.7 Å². The highest BCUT2D eigenvalue weighted by Gasteiger charge is 2.06. The van der Waals surface area contributed by atoms with Crippen molar-refractivity contribution in [3.63, 3.8) is 0 Å². The Morgan fingerprint density at radius 3 is 2.28 bits per heavy atom. The van der Waals surface area contributed by atoms with Gasteiger partial charge in [0, 0.05) is 36.9 Å². The van der Waals surface area contributed by atoms with Gasteiger partial charge >= 0.3 is 6.03 Å². The number of carbonyl (C=O) groups is 1. The number of aromatic nitrogens is 2. The highest BCUT2D eigenvalue weighted by Crippen LogP contribution is 2.19. The van der Waals surface area contributed by atoms with Crippen LogP contribution in [0, 0.1) is 0 Å². The minimum absolute atomic E-state index is 0.295. The van der Waals surface area contributed by atoms with Crippen molar-refractivity contribution in [1.82, 2.24) is 20.1 Å². The number of carbonyl (C=O) groups excluding carboxylic acids is 1. The number of benzene rings is 1. The first kappa shape index (κ1) is 26.1. The molecule has 0 fully saturated rings. The zero-order valence-electron chi connectivity index (χ0n) is 19.4. The Morgan fingerprint density at radius 2 is 1.56 bits per heavy atom. The zero-order valence-corrected chi connectivity index (χ0v) is 20.2. The normalized spacial score (nSPS) is 10.8. The summed E-state index contributed by atoms with van der Waals surface area (Å²) in [4.78, 5) is 16.2. The topological polar surface area (TPSA) is 88.2 Å². The Kier molecular flexibility index (Phi) is 14.2. The quantitative estimate of drug-likeness (QED) is 0.183. The van der Waals surface area contributed by atoms with E-state index in [1.54, 1.807) is 0 Å². The van der Waals surface area contributed by atoms with Gasteiger partial charge in [-0.2, -0.15) is 9.36 Å². The van der Waals surface area contributed by atoms with Crippen LogP contribution >= 0.6 is 11.5 Å². The largest absolute Gasteiger partial charge is 0.381 e. The molecule has 1 heterocycles. The van der Waals surface area contributed by atoms with Gasteiger partial charge in [0.2, 0.25) is 5.13 Å². The Bertz CT molecular complexity index is 726. The van der Waals surface area contributed by atoms with Crippen molar-refractivity contribution in [2.24, 2.45) is 0 Å². The minimum atomic E-state index is -0.295. The fourth-order valence-electron chi connectivity index (χ4n) is 3.30. The number of urea groups is 1. The van der Waals surface area contributed by atoms with E-state index in [0.717, 1.165) is 25.0 Å². The van der Waals surface area contributed by atoms with Crippen molar-refractivity contribution in [1.29, 1.82) is 0 Å². The second-order valence-electron chi connectivity index (χ2n) is 7.94. The zero-order chi connectivity index (χ0) is 22.7. The third-order valence-corrected chi connectivity index (χ3v) is 5.76. The number of amides is 2. The van der Waals surface area contributed by atoms with Gasteiger partial charge in [-0.15, -0.1) is 0 Å². The molecule has 0 spiro atoms. The maximum Gasteiger partial charge on any atom is 0.333 e. The summed E-state index contributed by atoms with van der Waals surface area (Å²) >= 11 is 1.20. The maximum atomic E-state index is 11.9. The predicted molar refractivity (Wildman–Crippen MR) is 133 cm³/mol. The van der Waals surface area contributed by atoms with Crippen molar-refractivity contribution in [3.8, 4) is 11.4 Å². The molecule has 2 amide bonds. The van der Waals surface area contributed by atoms with Crippen molar-refractivity contribution < 1.29 is 9.53 Å². The first-order valence-electron chi connectivity index (χ1n) is 12.1. The third kappa shape index (κ3) is 12.0. The second-order valence-corrected chi connectivity index (χ2v) is 8.69. The van der Waals surface area contributed by atoms with Gasteiger partial charge in [0.15, 0.2) is 5.82 Å². The number of ether oxygens (including phenoxy) is 1. The van der Waals surface area contributed by atoms with Crippen LogP contribution in [0.25, 0.3) is 11.4 Å². The number of unbranched alkanes of at least 4 members (excludes halogenated alkanes) is 9. The predicted octanol–water partition coefficient (Wildman–Crippen LogP) is 6.16. The molecule has 2 aromatic rings. The van der Waals surface area contributed by atoms with Crippen LogP contribution < -0.4 is 16.2 Å². The van der Waals surface area contributed by atoms with Gasteiger partial charge in [-0.1, -0.05) is 95.0 Å². The number of hydrogen-bond donors (Lipinski definition) is 3. The molecule has 0 saturated heterocycles. The molecule has 0 atom stereocenters. The van der Waals surface area contributed by atoms with Crippen LogP contribution in [0.4, 0.5) is 9.93 Å². The minimum Gasteiger partial charge on any atom is -0.381 e. The van der Waals surface area contributed by atoms with Crippen LogP contribution in [0.2, 0.25) is 0 Å². The Morgan fingerprint density at radius 1 is 0.906 bits per heavy atom. The summed E-state index contributed by atoms with van der Waals surface area (Å²) in [5, 5.41) is 3.34. The van der Waals surface area contributed by atoms with E-state index in [9.17, 15) is 4.79 Å². The molecule has 0 unspecified atom stereocenters. The van der Waals surface area contributed by atoms with Crippen molar-refractivity contribution in [2.45, 2.75) is 77.6 Å². The average Bonchev–Trinajstić information content (AvgIpc) is 3.30. The summed E-state index contributed by atoms with van der Waals surface area (Å²) < 4.78 is 9.95. The second kappa shape index (κ2) is 17.4. The van der Waals surface area contributed by atoms with Crippen LogP contribution in [-0.4, -0.2) is 35.1 Å². The summed E-state index contributed by atoms with van der Waals surface area (Å²) in [6.45, 7) is 4.31. The van der Waals surface area contributed by atoms with E-state index in [0.29, 0.717) is 24.1 Å². The van der Waals surface area contributed by atoms with Gasteiger partial charge in [0.25, 0.3) is 0 Å². The summed E-state index contributed by atoms with van der Waals surface area (Å²) in [5.74, 6) is 0.639. The SMILES string of the molecule is CCCCCCCCCCCCOCCCNC(=O)NNc1nc(-c2ccccc2)ns1. The van der Waals surface area contributed by atoms with Crippen molar-refractivity contribution in [2.75, 3.05) is 25.2 Å². The summed E-state index contributed by atoms with van der Waals surface area (Å²) in [6.07, 6.45) is 14.1. The van der Waals surface area contributed by atoms with Crippen LogP contribution in [0.1, 0.15) is 77.6 Å². The number of anilines is 1. The Balaban J connectivity index is 1.37. The molecular formula is C24H39N5O2S. The van der Waals surface area contributed by atoms with Crippen molar-refractivity contribution in [3.05, 3.63) is 30.3 Å². The molecule has 0 bridgehead atoms. The molecule has 0 radical (unpaired) electrons. The lowest BCUT2D eigenvalue weighted by Crippen LogP contribution is -2.39. The van der Waals surface area contributed by atoms with Gasteiger partial charge in [-0.3, -0.25) is 5.43 Å². The van der Waals surface area contributed by atoms with Crippen LogP contribution in [0.15, 0.2) is 30.3 Å². The Hall–Kier alpha value is -2.19. The molecule has 3 N–H and O–H groups in total. The Labute approximate surface area is 196 Å². The highest BCUT2D eigenvalue weighted by atomic mass is 32.1. The number of rotatable bonds is 18. The lowest BCUT2D eigenvalue weighted by molar-refractivity contribution is 0.127. The standard InChI is InChI=1S/C24H39N5O2S/c1-2-3-4-5-6-7-8-9-10-14-19-31-20-15-18-25-23(30)27-28-24-26-22(29-32-24)21-16-12-11-13-17-21/h11-13,16-17H,2-10,14-15,18-20H2,1H3,(H2,25,27,30)(H,26,28,29). The molecule has 2 rings (SSSR count). The first-order chi connectivity index (χ1) is 15.8. The number of hydrogen-bond acceptors (Lipinski definition) is 6. The summed E-state index contributed by atoms with van der Waals surface area (Å²) in [7, 11) is 0. The van der Waals surface area contributed by atoms with Crippen LogP contribution in [-0.2, 0) is 4.74 Å². The van der Waals surface area contributed by atoms with Gasteiger partial charge in [-0.25, -0.2) is 10.2 Å². The van der Waals surface area contributed by atoms with Crippen LogP contribution in [0.3, 0.4) is 0 Å². The van der Waals surface area contributed by atoms with E-state index in [1.165, 1.54) is 69.3 Å². The average molecular weight is 462 g/mol. The lowest BCUT2D eigenvalue weighted by Gasteiger charge is -2.08. The molecule has 7 nitrogen and oxygen atoms in total. The van der Waals surface area contributed by atoms with Gasteiger partial charge < -0.3 is 10.1 Å². The molecule has 1 aromatic carbocycles. The van der Waals surface area contributed by atoms with Crippen LogP contribution in [0.5, 0.6) is 0 Å². The van der Waals surface area contributed by atoms with E-state index in [-0.39, 0.29) is 6.03 Å². The van der Waals surface area contributed by atoms with E-state index < -0.39 is 0 Å².